The fraction of sp³-hybridized carbons (Fsp3) is 0.195. The third-order valence-corrected chi connectivity index (χ3v) is 24.1. The number of ether oxygens (including phenoxy) is 9. The van der Waals surface area contributed by atoms with E-state index >= 15 is 0 Å². The van der Waals surface area contributed by atoms with Crippen LogP contribution in [0.15, 0.2) is 407 Å². The second-order valence-electron chi connectivity index (χ2n) is 34.1. The van der Waals surface area contributed by atoms with E-state index in [1.54, 1.807) is 12.6 Å². The molecular formula is C123H124N12O9. The Morgan fingerprint density at radius 1 is 0.271 bits per heavy atom. The lowest BCUT2D eigenvalue weighted by Gasteiger charge is -2.18. The molecule has 15 heterocycles. The zero-order chi connectivity index (χ0) is 97.9. The molecule has 0 radical (unpaired) electrons. The molecule has 0 saturated heterocycles. The Morgan fingerprint density at radius 2 is 0.757 bits per heavy atom. The van der Waals surface area contributed by atoms with Crippen LogP contribution in [0.5, 0.6) is 40.2 Å². The summed E-state index contributed by atoms with van der Waals surface area (Å²) in [6, 6.07) is 123. The predicted molar refractivity (Wildman–Crippen MR) is 589 cm³/mol. The molecule has 30 rings (SSSR count). The molecule has 15 aliphatic rings. The molecule has 0 amide bonds. The van der Waals surface area contributed by atoms with Gasteiger partial charge in [0.15, 0.2) is 18.3 Å². The zero-order valence-electron chi connectivity index (χ0n) is 81.2. The van der Waals surface area contributed by atoms with Gasteiger partial charge in [-0.3, -0.25) is 25.0 Å². The van der Waals surface area contributed by atoms with E-state index < -0.39 is 0 Å². The maximum atomic E-state index is 5.42. The van der Waals surface area contributed by atoms with Crippen molar-refractivity contribution in [1.29, 1.82) is 0 Å². The molecule has 0 aliphatic carbocycles. The van der Waals surface area contributed by atoms with Crippen molar-refractivity contribution < 1.29 is 42.6 Å². The smallest absolute Gasteiger partial charge is 0.189 e. The third-order valence-electron chi connectivity index (χ3n) is 24.1. The van der Waals surface area contributed by atoms with Crippen LogP contribution in [-0.4, -0.2) is 104 Å². The van der Waals surface area contributed by atoms with E-state index in [-0.39, 0.29) is 0 Å². The fourth-order valence-corrected chi connectivity index (χ4v) is 16.6. The van der Waals surface area contributed by atoms with Gasteiger partial charge in [-0.15, -0.1) is 0 Å². The van der Waals surface area contributed by atoms with Gasteiger partial charge in [0.2, 0.25) is 0 Å². The summed E-state index contributed by atoms with van der Waals surface area (Å²) in [6.45, 7) is 14.9. The Bertz CT molecular complexity index is 5860. The number of anilines is 6. The van der Waals surface area contributed by atoms with Crippen molar-refractivity contribution in [3.63, 3.8) is 0 Å². The van der Waals surface area contributed by atoms with E-state index in [4.69, 9.17) is 42.6 Å². The van der Waals surface area contributed by atoms with Crippen LogP contribution in [0.1, 0.15) is 89.9 Å². The van der Waals surface area contributed by atoms with Crippen LogP contribution < -0.4 is 70.4 Å². The molecular weight excluding hydrogens is 1790 g/mol. The highest BCUT2D eigenvalue weighted by Gasteiger charge is 2.16. The summed E-state index contributed by atoms with van der Waals surface area (Å²) in [7, 11) is 0. The first kappa shape index (κ1) is 100. The number of benzene rings is 15. The molecule has 7 N–H and O–H groups in total. The maximum Gasteiger partial charge on any atom is 0.189 e. The molecule has 0 unspecified atom stereocenters. The van der Waals surface area contributed by atoms with Crippen molar-refractivity contribution in [2.45, 2.75) is 84.5 Å². The van der Waals surface area contributed by atoms with Gasteiger partial charge in [-0.05, 0) is 196 Å². The van der Waals surface area contributed by atoms with E-state index in [1.807, 2.05) is 268 Å². The first-order valence-electron chi connectivity index (χ1n) is 49.3. The lowest BCUT2D eigenvalue weighted by molar-refractivity contribution is -0.0163. The van der Waals surface area contributed by atoms with Gasteiger partial charge in [0, 0.05) is 104 Å². The summed E-state index contributed by atoms with van der Waals surface area (Å²) in [5.41, 5.74) is 29.2. The lowest BCUT2D eigenvalue weighted by atomic mass is 10.1. The summed E-state index contributed by atoms with van der Waals surface area (Å²) < 4.78 is 47.4. The molecule has 0 fully saturated rings. The van der Waals surface area contributed by atoms with Crippen LogP contribution in [0.4, 0.5) is 45.5 Å². The summed E-state index contributed by atoms with van der Waals surface area (Å²) in [4.78, 5) is 20.7. The van der Waals surface area contributed by atoms with Gasteiger partial charge in [-0.1, -0.05) is 279 Å². The minimum atomic E-state index is 0.386. The number of para-hydroxylation sites is 15. The van der Waals surface area contributed by atoms with Crippen molar-refractivity contribution in [2.24, 2.45) is 25.0 Å². The molecule has 0 spiro atoms. The summed E-state index contributed by atoms with van der Waals surface area (Å²) in [5, 5.41) is 22.6. The number of fused-ring (bicyclic) bond motifs is 15. The second-order valence-corrected chi connectivity index (χ2v) is 34.1. The van der Waals surface area contributed by atoms with Crippen molar-refractivity contribution in [1.82, 2.24) is 5.32 Å². The highest BCUT2D eigenvalue weighted by atomic mass is 16.7. The summed E-state index contributed by atoms with van der Waals surface area (Å²) in [5.74, 6) is 6.79. The number of aliphatic imine (C=N–C) groups is 5. The fourth-order valence-electron chi connectivity index (χ4n) is 16.6. The molecule has 730 valence electrons. The monoisotopic (exact) mass is 1910 g/mol. The average molecular weight is 1910 g/mol. The quantitative estimate of drug-likeness (QED) is 0.0749. The second kappa shape index (κ2) is 56.6. The highest BCUT2D eigenvalue weighted by Crippen LogP contribution is 2.33. The van der Waals surface area contributed by atoms with Gasteiger partial charge in [0.25, 0.3) is 0 Å². The third kappa shape index (κ3) is 31.7. The number of hydrogen-bond acceptors (Lipinski definition) is 21. The normalized spacial score (nSPS) is 14.6. The van der Waals surface area contributed by atoms with Crippen LogP contribution >= 0.6 is 0 Å². The van der Waals surface area contributed by atoms with Gasteiger partial charge < -0.3 is 79.8 Å². The Balaban J connectivity index is 0.000000111. The summed E-state index contributed by atoms with van der Waals surface area (Å²) >= 11 is 0. The van der Waals surface area contributed by atoms with Gasteiger partial charge in [-0.2, -0.15) is 0 Å². The van der Waals surface area contributed by atoms with Crippen molar-refractivity contribution in [2.75, 3.05) is 105 Å². The number of aryl methyl sites for hydroxylation is 1. The predicted octanol–water partition coefficient (Wildman–Crippen LogP) is 25.6. The Hall–Kier alpha value is -16.6. The molecule has 0 aromatic heterocycles. The van der Waals surface area contributed by atoms with Crippen LogP contribution in [0.3, 0.4) is 0 Å². The Morgan fingerprint density at radius 3 is 1.38 bits per heavy atom. The topological polar surface area (TPSA) is 229 Å². The molecule has 15 aromatic rings. The van der Waals surface area contributed by atoms with Gasteiger partial charge in [0.1, 0.15) is 55.2 Å². The molecule has 0 saturated carbocycles. The molecule has 144 heavy (non-hydrogen) atoms. The number of allylic oxidation sites excluding steroid dienone is 1. The molecule has 21 nitrogen and oxygen atoms in total. The highest BCUT2D eigenvalue weighted by molar-refractivity contribution is 5.89. The summed E-state index contributed by atoms with van der Waals surface area (Å²) in [6.07, 6.45) is 23.9. The minimum Gasteiger partial charge on any atom is -0.493 e. The van der Waals surface area contributed by atoms with E-state index in [1.165, 1.54) is 119 Å². The SMILES string of the molecule is C1=COc2ccccc2C1.C1=Cc2ccccc2OC1.C1=NCNc2ccccc21.C1=NCc2ccccc21.C1=NCc2ccccc2N1.C1=Nc2ccccc2C1.C1=Nc2ccccc2NC1.c1ccc2c(c1)CCCO2.c1ccc2c(c1)CCN2.c1ccc2c(c1)CCO2.c1ccc2c(c1)CNC2.c1ccc2c(c1)COC2.c1ccc2c(c1)COCO2.c1ccc2c(c1)NCCN2.c1ccc2c(c1)OCCO2. The van der Waals surface area contributed by atoms with Crippen LogP contribution in [0, 0.1) is 0 Å². The van der Waals surface area contributed by atoms with Crippen molar-refractivity contribution in [3.05, 3.63) is 466 Å². The van der Waals surface area contributed by atoms with Crippen LogP contribution in [0.2, 0.25) is 0 Å². The van der Waals surface area contributed by atoms with E-state index in [2.05, 4.69) is 202 Å². The van der Waals surface area contributed by atoms with Gasteiger partial charge in [0.05, 0.1) is 93.7 Å². The average Bonchev–Trinajstić information content (AvgIpc) is 1.67. The Kier molecular flexibility index (Phi) is 39.5. The molecule has 21 heteroatoms. The lowest BCUT2D eigenvalue weighted by Crippen LogP contribution is -2.19. The number of nitrogens with zero attached hydrogens (tertiary/aromatic N) is 5. The standard InChI is InChI=1S/C9H10O.2C9H8O.2C8H8N2.C8H10N2.C8H8N2.C8H9N.C8H7N.C8H9N.C8H7N.2C8H8O2.2C8H8O/c3*1-2-6-9-8(4-1)5-3-7-10-9;2*1-2-4-8-7(3-1)5-9-6-10-8;2*1-2-4-8-7(3-1)9-5-6-10-8;2*1-2-4-8-6-9-5-7(8)3-1;2*1-2-4-8-7(3-1)5-6-9-8;1-2-4-8-7(3-1)5-9-6-10-8;1-2-4-8-7(3-1)9-5-6-10-8;1-2-4-8-6-9-5-7(8)3-1;1-2-4-8-7(3-1)5-6-9-8/h1-2,4,6H,3,5,7H2;1-4,6-7H,5H2;1-6H,7H2;1-4,6H,5H2,(H,9,10);1-5,10H,6H2;1-4,9-10H,5-6H2;1-5,10H,6H2;1-4,9H,5-6H2;1-5H,6H2;1-4,9H,5-6H2;1-4,6H,5H2;2*1-4H,5-6H2;2*1-4H,5-6H2. The molecule has 0 bridgehead atoms. The largest absolute Gasteiger partial charge is 0.493 e. The van der Waals surface area contributed by atoms with E-state index in [9.17, 15) is 0 Å². The first-order valence-corrected chi connectivity index (χ1v) is 49.3. The number of nitrogens with one attached hydrogen (secondary N) is 7. The molecule has 15 aliphatic heterocycles. The maximum absolute atomic E-state index is 5.42. The number of hydrogen-bond donors (Lipinski definition) is 7. The van der Waals surface area contributed by atoms with Crippen LogP contribution in [0.25, 0.3) is 6.08 Å². The van der Waals surface area contributed by atoms with E-state index in [0.29, 0.717) is 39.9 Å². The molecule has 15 aromatic carbocycles. The Labute approximate surface area is 845 Å². The first-order chi connectivity index (χ1) is 71.5. The van der Waals surface area contributed by atoms with E-state index in [0.717, 1.165) is 167 Å². The van der Waals surface area contributed by atoms with Gasteiger partial charge in [-0.25, -0.2) is 0 Å². The molecule has 0 atom stereocenters. The van der Waals surface area contributed by atoms with Gasteiger partial charge >= 0.3 is 0 Å². The van der Waals surface area contributed by atoms with Crippen molar-refractivity contribution in [3.8, 4) is 40.2 Å². The zero-order valence-corrected chi connectivity index (χ0v) is 81.2. The minimum absolute atomic E-state index is 0.386. The number of rotatable bonds is 0. The van der Waals surface area contributed by atoms with Crippen molar-refractivity contribution >= 4 is 82.8 Å². The van der Waals surface area contributed by atoms with Crippen LogP contribution in [-0.2, 0) is 87.6 Å².